The van der Waals surface area contributed by atoms with Crippen LogP contribution in [-0.4, -0.2) is 35.7 Å². The molecule has 0 bridgehead atoms. The smallest absolute Gasteiger partial charge is 0.311 e. The molecule has 6 nitrogen and oxygen atoms in total. The van der Waals surface area contributed by atoms with Crippen molar-refractivity contribution in [3.8, 4) is 0 Å². The molecule has 23 heavy (non-hydrogen) atoms. The van der Waals surface area contributed by atoms with Crippen molar-refractivity contribution >= 4 is 11.9 Å². The second-order valence-corrected chi connectivity index (χ2v) is 6.60. The lowest BCUT2D eigenvalue weighted by molar-refractivity contribution is -0.136. The number of aryl methyl sites for hydroxylation is 1. The number of ether oxygens (including phenoxy) is 1. The summed E-state index contributed by atoms with van der Waals surface area (Å²) in [7, 11) is 0. The lowest BCUT2D eigenvalue weighted by Gasteiger charge is -2.31. The van der Waals surface area contributed by atoms with Crippen molar-refractivity contribution in [2.75, 3.05) is 6.61 Å². The van der Waals surface area contributed by atoms with Crippen LogP contribution in [0.2, 0.25) is 0 Å². The summed E-state index contributed by atoms with van der Waals surface area (Å²) in [6, 6.07) is 0.0481. The van der Waals surface area contributed by atoms with Crippen LogP contribution in [0.4, 0.5) is 0 Å². The molecule has 0 spiro atoms. The summed E-state index contributed by atoms with van der Waals surface area (Å²) in [5, 5.41) is 11.9. The maximum atomic E-state index is 12.5. The Labute approximate surface area is 136 Å². The zero-order valence-corrected chi connectivity index (χ0v) is 13.9. The van der Waals surface area contributed by atoms with Crippen LogP contribution in [0.15, 0.2) is 10.7 Å². The Morgan fingerprint density at radius 1 is 1.43 bits per heavy atom. The van der Waals surface area contributed by atoms with E-state index in [0.717, 1.165) is 19.3 Å². The van der Waals surface area contributed by atoms with Crippen molar-refractivity contribution < 1.29 is 23.8 Å². The molecule has 0 aliphatic carbocycles. The van der Waals surface area contributed by atoms with Gasteiger partial charge in [-0.25, -0.2) is 0 Å². The number of amides is 1. The predicted molar refractivity (Wildman–Crippen MR) is 84.5 cm³/mol. The van der Waals surface area contributed by atoms with Crippen LogP contribution in [0.3, 0.4) is 0 Å². The first-order valence-corrected chi connectivity index (χ1v) is 8.08. The molecule has 1 aromatic heterocycles. The first kappa shape index (κ1) is 17.5. The quantitative estimate of drug-likeness (QED) is 0.840. The summed E-state index contributed by atoms with van der Waals surface area (Å²) >= 11 is 0. The molecule has 128 valence electrons. The summed E-state index contributed by atoms with van der Waals surface area (Å²) in [6.45, 7) is 6.68. The van der Waals surface area contributed by atoms with E-state index < -0.39 is 5.97 Å². The Morgan fingerprint density at radius 2 is 2.17 bits per heavy atom. The third-order valence-corrected chi connectivity index (χ3v) is 4.03. The molecule has 1 saturated heterocycles. The molecule has 0 radical (unpaired) electrons. The number of nitrogens with one attached hydrogen (secondary N) is 1. The number of hydrogen-bond acceptors (Lipinski definition) is 4. The Bertz CT molecular complexity index is 563. The second kappa shape index (κ2) is 7.64. The van der Waals surface area contributed by atoms with E-state index in [1.54, 1.807) is 6.92 Å². The number of carbonyl (C=O) groups is 2. The maximum Gasteiger partial charge on any atom is 0.311 e. The van der Waals surface area contributed by atoms with Gasteiger partial charge in [0.2, 0.25) is 0 Å². The first-order chi connectivity index (χ1) is 10.9. The van der Waals surface area contributed by atoms with E-state index >= 15 is 0 Å². The normalized spacial score (nSPS) is 21.4. The van der Waals surface area contributed by atoms with Gasteiger partial charge < -0.3 is 19.6 Å². The predicted octanol–water partition coefficient (Wildman–Crippen LogP) is 2.54. The van der Waals surface area contributed by atoms with Crippen molar-refractivity contribution in [2.24, 2.45) is 5.92 Å². The van der Waals surface area contributed by atoms with Gasteiger partial charge in [0, 0.05) is 18.2 Å². The number of hydrogen-bond donors (Lipinski definition) is 2. The zero-order valence-electron chi connectivity index (χ0n) is 13.9. The number of carboxylic acids is 1. The number of carboxylic acid groups (broad SMARTS) is 1. The van der Waals surface area contributed by atoms with E-state index in [2.05, 4.69) is 19.2 Å². The number of furan rings is 1. The van der Waals surface area contributed by atoms with Gasteiger partial charge in [-0.2, -0.15) is 0 Å². The highest BCUT2D eigenvalue weighted by atomic mass is 16.5. The molecule has 1 amide bonds. The Kier molecular flexibility index (Phi) is 5.82. The number of aliphatic carboxylic acids is 1. The minimum Gasteiger partial charge on any atom is -0.481 e. The molecule has 1 aliphatic heterocycles. The average Bonchev–Trinajstić information content (AvgIpc) is 2.78. The Morgan fingerprint density at radius 3 is 2.83 bits per heavy atom. The fourth-order valence-corrected chi connectivity index (χ4v) is 3.03. The molecule has 2 atom stereocenters. The van der Waals surface area contributed by atoms with E-state index in [1.807, 2.05) is 0 Å². The fraction of sp³-hybridized carbons (Fsp3) is 0.647. The van der Waals surface area contributed by atoms with Crippen LogP contribution in [0.25, 0.3) is 0 Å². The zero-order chi connectivity index (χ0) is 17.0. The SMILES string of the molecule is Cc1coc(CC(=O)O)c1C(=O)NC1CCOC(CC(C)C)C1. The molecule has 1 aromatic rings. The van der Waals surface area contributed by atoms with Crippen LogP contribution in [0, 0.1) is 12.8 Å². The van der Waals surface area contributed by atoms with Gasteiger partial charge in [-0.1, -0.05) is 13.8 Å². The van der Waals surface area contributed by atoms with Gasteiger partial charge in [0.25, 0.3) is 5.91 Å². The van der Waals surface area contributed by atoms with Crippen molar-refractivity contribution in [1.82, 2.24) is 5.32 Å². The average molecular weight is 323 g/mol. The van der Waals surface area contributed by atoms with Gasteiger partial charge >= 0.3 is 5.97 Å². The molecule has 2 rings (SSSR count). The van der Waals surface area contributed by atoms with E-state index in [4.69, 9.17) is 14.3 Å². The van der Waals surface area contributed by atoms with E-state index in [1.165, 1.54) is 6.26 Å². The summed E-state index contributed by atoms with van der Waals surface area (Å²) in [4.78, 5) is 23.4. The molecular weight excluding hydrogens is 298 g/mol. The minimum absolute atomic E-state index is 0.0481. The Balaban J connectivity index is 2.01. The van der Waals surface area contributed by atoms with E-state index in [9.17, 15) is 9.59 Å². The summed E-state index contributed by atoms with van der Waals surface area (Å²) < 4.78 is 11.0. The van der Waals surface area contributed by atoms with Crippen molar-refractivity contribution in [1.29, 1.82) is 0 Å². The third-order valence-electron chi connectivity index (χ3n) is 4.03. The maximum absolute atomic E-state index is 12.5. The molecule has 2 unspecified atom stereocenters. The number of carbonyl (C=O) groups excluding carboxylic acids is 1. The lowest BCUT2D eigenvalue weighted by atomic mass is 9.96. The highest BCUT2D eigenvalue weighted by Crippen LogP contribution is 2.22. The highest BCUT2D eigenvalue weighted by Gasteiger charge is 2.27. The molecule has 6 heteroatoms. The Hall–Kier alpha value is -1.82. The molecule has 0 aromatic carbocycles. The molecule has 2 N–H and O–H groups in total. The van der Waals surface area contributed by atoms with Crippen LogP contribution < -0.4 is 5.32 Å². The third kappa shape index (κ3) is 4.82. The van der Waals surface area contributed by atoms with Crippen LogP contribution in [-0.2, 0) is 16.0 Å². The largest absolute Gasteiger partial charge is 0.481 e. The van der Waals surface area contributed by atoms with E-state index in [0.29, 0.717) is 23.7 Å². The number of rotatable bonds is 6. The molecular formula is C17H25NO5. The van der Waals surface area contributed by atoms with Gasteiger partial charge in [0.05, 0.1) is 17.9 Å². The van der Waals surface area contributed by atoms with Gasteiger partial charge in [0.1, 0.15) is 12.2 Å². The summed E-state index contributed by atoms with van der Waals surface area (Å²) in [5.41, 5.74) is 1.00. The van der Waals surface area contributed by atoms with Crippen molar-refractivity contribution in [2.45, 2.75) is 58.6 Å². The monoisotopic (exact) mass is 323 g/mol. The minimum atomic E-state index is -1.02. The van der Waals surface area contributed by atoms with Gasteiger partial charge in [-0.3, -0.25) is 9.59 Å². The van der Waals surface area contributed by atoms with Crippen molar-refractivity contribution in [3.63, 3.8) is 0 Å². The van der Waals surface area contributed by atoms with Crippen molar-refractivity contribution in [3.05, 3.63) is 23.2 Å². The lowest BCUT2D eigenvalue weighted by Crippen LogP contribution is -2.42. The van der Waals surface area contributed by atoms with Crippen LogP contribution in [0.5, 0.6) is 0 Å². The fourth-order valence-electron chi connectivity index (χ4n) is 3.03. The highest BCUT2D eigenvalue weighted by molar-refractivity contribution is 5.97. The van der Waals surface area contributed by atoms with Gasteiger partial charge in [-0.05, 0) is 32.1 Å². The van der Waals surface area contributed by atoms with E-state index in [-0.39, 0.29) is 30.2 Å². The van der Waals surface area contributed by atoms with Crippen LogP contribution >= 0.6 is 0 Å². The molecule has 2 heterocycles. The molecule has 0 saturated carbocycles. The topological polar surface area (TPSA) is 88.8 Å². The second-order valence-electron chi connectivity index (χ2n) is 6.60. The first-order valence-electron chi connectivity index (χ1n) is 8.08. The molecule has 1 aliphatic rings. The van der Waals surface area contributed by atoms with Crippen LogP contribution in [0.1, 0.15) is 54.8 Å². The molecule has 1 fully saturated rings. The van der Waals surface area contributed by atoms with Gasteiger partial charge in [0.15, 0.2) is 0 Å². The summed E-state index contributed by atoms with van der Waals surface area (Å²) in [5.74, 6) is -0.523. The standard InChI is InChI=1S/C17H25NO5/c1-10(2)6-13-7-12(4-5-22-13)18-17(21)16-11(3)9-23-14(16)8-15(19)20/h9-10,12-13H,4-8H2,1-3H3,(H,18,21)(H,19,20). The summed E-state index contributed by atoms with van der Waals surface area (Å²) in [6.07, 6.45) is 3.83. The van der Waals surface area contributed by atoms with Gasteiger partial charge in [-0.15, -0.1) is 0 Å².